The van der Waals surface area contributed by atoms with Crippen LogP contribution in [0.2, 0.25) is 0 Å². The van der Waals surface area contributed by atoms with Gasteiger partial charge in [0.15, 0.2) is 0 Å². The fraction of sp³-hybridized carbons (Fsp3) is 0.286. The van der Waals surface area contributed by atoms with Crippen molar-refractivity contribution < 1.29 is 21.6 Å². The highest BCUT2D eigenvalue weighted by molar-refractivity contribution is 7.89. The van der Waals surface area contributed by atoms with Crippen molar-refractivity contribution in [3.63, 3.8) is 0 Å². The summed E-state index contributed by atoms with van der Waals surface area (Å²) in [6.45, 7) is 5.07. The molecule has 2 rings (SSSR count). The van der Waals surface area contributed by atoms with Crippen LogP contribution in [0.5, 0.6) is 0 Å². The van der Waals surface area contributed by atoms with Gasteiger partial charge in [-0.05, 0) is 25.1 Å². The molecule has 24 heavy (non-hydrogen) atoms. The normalized spacial score (nSPS) is 12.5. The van der Waals surface area contributed by atoms with Crippen LogP contribution in [0.15, 0.2) is 41.8 Å². The van der Waals surface area contributed by atoms with Crippen LogP contribution >= 0.6 is 11.3 Å². The van der Waals surface area contributed by atoms with Crippen molar-refractivity contribution in [1.82, 2.24) is 14.5 Å². The largest absolute Gasteiger partial charge is 0.416 e. The Bertz CT molecular complexity index is 832. The maximum Gasteiger partial charge on any atom is 0.416 e. The molecule has 2 aromatic rings. The molecule has 1 heterocycles. The molecule has 0 radical (unpaired) electrons. The van der Waals surface area contributed by atoms with E-state index in [1.54, 1.807) is 6.92 Å². The van der Waals surface area contributed by atoms with Crippen LogP contribution < -0.4 is 0 Å². The third-order valence-electron chi connectivity index (χ3n) is 3.01. The van der Waals surface area contributed by atoms with Gasteiger partial charge in [0.05, 0.1) is 17.0 Å². The molecule has 0 saturated heterocycles. The molecule has 0 aliphatic carbocycles. The number of sulfonamides is 1. The number of halogens is 3. The number of hydrogen-bond donors (Lipinski definition) is 0. The smallest absolute Gasteiger partial charge is 0.207 e. The van der Waals surface area contributed by atoms with Crippen LogP contribution in [-0.2, 0) is 22.7 Å². The summed E-state index contributed by atoms with van der Waals surface area (Å²) in [4.78, 5) is -0.430. The molecule has 5 nitrogen and oxygen atoms in total. The third-order valence-corrected chi connectivity index (χ3v) is 5.64. The van der Waals surface area contributed by atoms with E-state index in [-0.39, 0.29) is 13.1 Å². The summed E-state index contributed by atoms with van der Waals surface area (Å²) >= 11 is 1.22. The lowest BCUT2D eigenvalue weighted by Crippen LogP contribution is -2.31. The highest BCUT2D eigenvalue weighted by Crippen LogP contribution is 2.31. The Kier molecular flexibility index (Phi) is 5.41. The first-order chi connectivity index (χ1) is 11.1. The van der Waals surface area contributed by atoms with E-state index in [1.165, 1.54) is 17.4 Å². The zero-order chi connectivity index (χ0) is 18.0. The Morgan fingerprint density at radius 2 is 2.04 bits per heavy atom. The standard InChI is InChI=1S/C14H14F3N3O2S2/c1-3-7-20(9-13-19-18-10(2)23-13)24(21,22)12-6-4-5-11(8-12)14(15,16)17/h3-6,8H,1,7,9H2,2H3. The summed E-state index contributed by atoms with van der Waals surface area (Å²) in [6, 6.07) is 3.64. The van der Waals surface area contributed by atoms with E-state index >= 15 is 0 Å². The van der Waals surface area contributed by atoms with E-state index in [0.29, 0.717) is 16.1 Å². The van der Waals surface area contributed by atoms with E-state index in [4.69, 9.17) is 0 Å². The fourth-order valence-corrected chi connectivity index (χ4v) is 4.15. The number of benzene rings is 1. The maximum atomic E-state index is 12.8. The van der Waals surface area contributed by atoms with Crippen LogP contribution in [-0.4, -0.2) is 29.5 Å². The molecule has 0 spiro atoms. The minimum Gasteiger partial charge on any atom is -0.207 e. The molecule has 0 fully saturated rings. The minimum absolute atomic E-state index is 0.0583. The Hall–Kier alpha value is -1.78. The zero-order valence-corrected chi connectivity index (χ0v) is 14.2. The van der Waals surface area contributed by atoms with Crippen molar-refractivity contribution in [1.29, 1.82) is 0 Å². The van der Waals surface area contributed by atoms with Gasteiger partial charge in [0.25, 0.3) is 0 Å². The number of aryl methyl sites for hydroxylation is 1. The topological polar surface area (TPSA) is 63.2 Å². The summed E-state index contributed by atoms with van der Waals surface area (Å²) in [5, 5.41) is 8.77. The molecule has 0 aliphatic rings. The second kappa shape index (κ2) is 6.99. The van der Waals surface area contributed by atoms with Gasteiger partial charge in [-0.25, -0.2) is 8.42 Å². The third kappa shape index (κ3) is 4.19. The molecule has 0 aliphatic heterocycles. The number of nitrogens with zero attached hydrogens (tertiary/aromatic N) is 3. The van der Waals surface area contributed by atoms with Gasteiger partial charge in [-0.15, -0.1) is 28.1 Å². The number of rotatable bonds is 6. The highest BCUT2D eigenvalue weighted by atomic mass is 32.2. The van der Waals surface area contributed by atoms with Gasteiger partial charge < -0.3 is 0 Å². The molecule has 1 aromatic carbocycles. The monoisotopic (exact) mass is 377 g/mol. The van der Waals surface area contributed by atoms with Crippen molar-refractivity contribution in [2.45, 2.75) is 24.5 Å². The molecule has 130 valence electrons. The molecule has 10 heteroatoms. The molecular formula is C14H14F3N3O2S2. The average Bonchev–Trinajstić information content (AvgIpc) is 2.91. The van der Waals surface area contributed by atoms with Gasteiger partial charge in [0.2, 0.25) is 10.0 Å². The van der Waals surface area contributed by atoms with Crippen molar-refractivity contribution in [2.75, 3.05) is 6.54 Å². The second-order valence-electron chi connectivity index (χ2n) is 4.83. The first-order valence-electron chi connectivity index (χ1n) is 6.72. The Labute approximate surface area is 141 Å². The quantitative estimate of drug-likeness (QED) is 0.725. The van der Waals surface area contributed by atoms with E-state index in [2.05, 4.69) is 16.8 Å². The van der Waals surface area contributed by atoms with E-state index in [1.807, 2.05) is 0 Å². The summed E-state index contributed by atoms with van der Waals surface area (Å²) in [5.74, 6) is 0. The van der Waals surface area contributed by atoms with Crippen LogP contribution in [0, 0.1) is 6.92 Å². The lowest BCUT2D eigenvalue weighted by atomic mass is 10.2. The van der Waals surface area contributed by atoms with Gasteiger partial charge in [0, 0.05) is 6.54 Å². The molecule has 0 bridgehead atoms. The van der Waals surface area contributed by atoms with Crippen LogP contribution in [0.1, 0.15) is 15.6 Å². The first-order valence-corrected chi connectivity index (χ1v) is 8.97. The summed E-state index contributed by atoms with van der Waals surface area (Å²) in [6.07, 6.45) is -3.26. The number of hydrogen-bond acceptors (Lipinski definition) is 5. The van der Waals surface area contributed by atoms with Gasteiger partial charge in [-0.1, -0.05) is 12.1 Å². The van der Waals surface area contributed by atoms with Crippen molar-refractivity contribution in [2.24, 2.45) is 0 Å². The first kappa shape index (κ1) is 18.6. The minimum atomic E-state index is -4.62. The van der Waals surface area contributed by atoms with Gasteiger partial charge in [-0.2, -0.15) is 17.5 Å². The summed E-state index contributed by atoms with van der Waals surface area (Å²) in [5.41, 5.74) is -1.02. The Balaban J connectivity index is 2.39. The van der Waals surface area contributed by atoms with Crippen molar-refractivity contribution in [3.05, 3.63) is 52.5 Å². The van der Waals surface area contributed by atoms with Crippen molar-refractivity contribution >= 4 is 21.4 Å². The molecule has 0 saturated carbocycles. The van der Waals surface area contributed by atoms with E-state index < -0.39 is 26.7 Å². The maximum absolute atomic E-state index is 12.8. The summed E-state index contributed by atoms with van der Waals surface area (Å²) < 4.78 is 64.8. The highest BCUT2D eigenvalue weighted by Gasteiger charge is 2.33. The number of aromatic nitrogens is 2. The number of alkyl halides is 3. The van der Waals surface area contributed by atoms with E-state index in [0.717, 1.165) is 22.5 Å². The predicted molar refractivity (Wildman–Crippen MR) is 83.9 cm³/mol. The second-order valence-corrected chi connectivity index (χ2v) is 8.03. The SMILES string of the molecule is C=CCN(Cc1nnc(C)s1)S(=O)(=O)c1cccc(C(F)(F)F)c1. The average molecular weight is 377 g/mol. The molecule has 1 aromatic heterocycles. The molecule has 0 atom stereocenters. The van der Waals surface area contributed by atoms with Gasteiger partial charge in [0.1, 0.15) is 10.0 Å². The fourth-order valence-electron chi connectivity index (χ4n) is 1.93. The van der Waals surface area contributed by atoms with Crippen LogP contribution in [0.3, 0.4) is 0 Å². The molecular weight excluding hydrogens is 363 g/mol. The van der Waals surface area contributed by atoms with E-state index in [9.17, 15) is 21.6 Å². The van der Waals surface area contributed by atoms with Crippen LogP contribution in [0.4, 0.5) is 13.2 Å². The Morgan fingerprint density at radius 1 is 1.33 bits per heavy atom. The van der Waals surface area contributed by atoms with Crippen LogP contribution in [0.25, 0.3) is 0 Å². The van der Waals surface area contributed by atoms with Gasteiger partial charge >= 0.3 is 6.18 Å². The Morgan fingerprint density at radius 3 is 2.58 bits per heavy atom. The molecule has 0 amide bonds. The summed E-state index contributed by atoms with van der Waals surface area (Å²) in [7, 11) is -4.13. The zero-order valence-electron chi connectivity index (χ0n) is 12.6. The van der Waals surface area contributed by atoms with Gasteiger partial charge in [-0.3, -0.25) is 0 Å². The van der Waals surface area contributed by atoms with Crippen molar-refractivity contribution in [3.8, 4) is 0 Å². The molecule has 0 unspecified atom stereocenters. The molecule has 0 N–H and O–H groups in total. The lowest BCUT2D eigenvalue weighted by Gasteiger charge is -2.20. The lowest BCUT2D eigenvalue weighted by molar-refractivity contribution is -0.137. The predicted octanol–water partition coefficient (Wildman–Crippen LogP) is 3.24.